The number of nitrogens with one attached hydrogen (secondary N) is 1. The predicted molar refractivity (Wildman–Crippen MR) is 129 cm³/mol. The van der Waals surface area contributed by atoms with E-state index in [9.17, 15) is 4.79 Å². The first-order valence-corrected chi connectivity index (χ1v) is 11.5. The van der Waals surface area contributed by atoms with Gasteiger partial charge >= 0.3 is 0 Å². The Morgan fingerprint density at radius 1 is 1.12 bits per heavy atom. The number of aromatic nitrogens is 2. The Hall–Kier alpha value is -3.09. The minimum Gasteiger partial charge on any atom is -0.489 e. The summed E-state index contributed by atoms with van der Waals surface area (Å²) in [5.74, 6) is 0.683. The molecule has 2 aromatic heterocycles. The number of amides is 1. The van der Waals surface area contributed by atoms with Gasteiger partial charge < -0.3 is 10.1 Å². The van der Waals surface area contributed by atoms with Gasteiger partial charge in [-0.2, -0.15) is 5.10 Å². The summed E-state index contributed by atoms with van der Waals surface area (Å²) in [6.07, 6.45) is 0. The SMILES string of the molecule is Cc1cc(Cl)ccc1OCc1csc(C(=O)NCc2c(C)nn(-c3ccccc3)c2C)c1. The fraction of sp³-hybridized carbons (Fsp3) is 0.200. The van der Waals surface area contributed by atoms with Crippen LogP contribution >= 0.6 is 22.9 Å². The number of aryl methyl sites for hydroxylation is 2. The molecule has 0 aliphatic rings. The highest BCUT2D eigenvalue weighted by Gasteiger charge is 2.15. The first-order chi connectivity index (χ1) is 15.4. The molecule has 0 radical (unpaired) electrons. The normalized spacial score (nSPS) is 10.9. The molecule has 0 fully saturated rings. The van der Waals surface area contributed by atoms with Crippen molar-refractivity contribution in [2.45, 2.75) is 33.9 Å². The second-order valence-electron chi connectivity index (χ2n) is 7.60. The Bertz CT molecular complexity index is 1250. The molecule has 2 heterocycles. The average molecular weight is 466 g/mol. The van der Waals surface area contributed by atoms with Crippen LogP contribution in [0.1, 0.15) is 37.7 Å². The fourth-order valence-electron chi connectivity index (χ4n) is 3.51. The van der Waals surface area contributed by atoms with E-state index in [4.69, 9.17) is 16.3 Å². The summed E-state index contributed by atoms with van der Waals surface area (Å²) < 4.78 is 7.79. The van der Waals surface area contributed by atoms with Gasteiger partial charge in [-0.1, -0.05) is 29.8 Å². The van der Waals surface area contributed by atoms with Crippen LogP contribution in [-0.2, 0) is 13.2 Å². The van der Waals surface area contributed by atoms with Gasteiger partial charge in [0, 0.05) is 28.4 Å². The molecule has 1 amide bonds. The van der Waals surface area contributed by atoms with Crippen LogP contribution in [0.3, 0.4) is 0 Å². The predicted octanol–water partition coefficient (Wildman–Crippen LogP) is 6.02. The van der Waals surface area contributed by atoms with Gasteiger partial charge in [0.2, 0.25) is 0 Å². The van der Waals surface area contributed by atoms with E-state index >= 15 is 0 Å². The van der Waals surface area contributed by atoms with Crippen molar-refractivity contribution in [3.8, 4) is 11.4 Å². The van der Waals surface area contributed by atoms with Crippen molar-refractivity contribution in [2.24, 2.45) is 0 Å². The van der Waals surface area contributed by atoms with Gasteiger partial charge in [0.15, 0.2) is 0 Å². The number of benzene rings is 2. The number of para-hydroxylation sites is 1. The summed E-state index contributed by atoms with van der Waals surface area (Å²) in [6, 6.07) is 17.4. The van der Waals surface area contributed by atoms with Crippen molar-refractivity contribution in [1.29, 1.82) is 0 Å². The molecule has 0 bridgehead atoms. The molecule has 0 saturated heterocycles. The fourth-order valence-corrected chi connectivity index (χ4v) is 4.55. The first-order valence-electron chi connectivity index (χ1n) is 10.3. The van der Waals surface area contributed by atoms with E-state index in [2.05, 4.69) is 10.4 Å². The molecule has 0 spiro atoms. The number of ether oxygens (including phenoxy) is 1. The number of rotatable bonds is 7. The van der Waals surface area contributed by atoms with Crippen molar-refractivity contribution >= 4 is 28.8 Å². The highest BCUT2D eigenvalue weighted by atomic mass is 35.5. The minimum atomic E-state index is -0.102. The van der Waals surface area contributed by atoms with Crippen LogP contribution in [0.5, 0.6) is 5.75 Å². The topological polar surface area (TPSA) is 56.1 Å². The first kappa shape index (κ1) is 22.1. The van der Waals surface area contributed by atoms with Crippen molar-refractivity contribution in [2.75, 3.05) is 0 Å². The molecule has 0 atom stereocenters. The van der Waals surface area contributed by atoms with Crippen molar-refractivity contribution in [3.63, 3.8) is 0 Å². The number of hydrogen-bond acceptors (Lipinski definition) is 4. The van der Waals surface area contributed by atoms with E-state index in [0.29, 0.717) is 23.1 Å². The van der Waals surface area contributed by atoms with Crippen LogP contribution in [0.2, 0.25) is 5.02 Å². The van der Waals surface area contributed by atoms with Crippen LogP contribution in [-0.4, -0.2) is 15.7 Å². The summed E-state index contributed by atoms with van der Waals surface area (Å²) in [7, 11) is 0. The summed E-state index contributed by atoms with van der Waals surface area (Å²) in [4.78, 5) is 13.4. The third-order valence-electron chi connectivity index (χ3n) is 5.28. The maximum absolute atomic E-state index is 12.7. The number of hydrogen-bond donors (Lipinski definition) is 1. The third kappa shape index (κ3) is 4.87. The second-order valence-corrected chi connectivity index (χ2v) is 8.94. The Labute approximate surface area is 196 Å². The summed E-state index contributed by atoms with van der Waals surface area (Å²) in [6.45, 7) is 6.77. The lowest BCUT2D eigenvalue weighted by Crippen LogP contribution is -2.22. The molecule has 0 aliphatic carbocycles. The van der Waals surface area contributed by atoms with Gasteiger partial charge in [0.1, 0.15) is 12.4 Å². The molecule has 5 nitrogen and oxygen atoms in total. The van der Waals surface area contributed by atoms with Crippen LogP contribution in [0.4, 0.5) is 0 Å². The highest BCUT2D eigenvalue weighted by molar-refractivity contribution is 7.12. The number of thiophene rings is 1. The molecule has 7 heteroatoms. The Balaban J connectivity index is 1.38. The number of carbonyl (C=O) groups excluding carboxylic acids is 1. The van der Waals surface area contributed by atoms with Crippen LogP contribution in [0.15, 0.2) is 60.0 Å². The van der Waals surface area contributed by atoms with Crippen molar-refractivity contribution in [1.82, 2.24) is 15.1 Å². The van der Waals surface area contributed by atoms with Gasteiger partial charge in [0.05, 0.1) is 16.3 Å². The van der Waals surface area contributed by atoms with Crippen molar-refractivity contribution < 1.29 is 9.53 Å². The maximum atomic E-state index is 12.7. The molecular weight excluding hydrogens is 442 g/mol. The van der Waals surface area contributed by atoms with Gasteiger partial charge in [-0.25, -0.2) is 4.68 Å². The lowest BCUT2D eigenvalue weighted by Gasteiger charge is -2.08. The van der Waals surface area contributed by atoms with Gasteiger partial charge in [0.25, 0.3) is 5.91 Å². The summed E-state index contributed by atoms with van der Waals surface area (Å²) in [5, 5.41) is 10.3. The zero-order valence-electron chi connectivity index (χ0n) is 18.2. The molecule has 4 aromatic rings. The largest absolute Gasteiger partial charge is 0.489 e. The second kappa shape index (κ2) is 9.59. The molecule has 1 N–H and O–H groups in total. The van der Waals surface area contributed by atoms with E-state index in [1.165, 1.54) is 11.3 Å². The van der Waals surface area contributed by atoms with E-state index in [0.717, 1.165) is 39.5 Å². The van der Waals surface area contributed by atoms with Gasteiger partial charge in [-0.15, -0.1) is 11.3 Å². The Morgan fingerprint density at radius 2 is 1.91 bits per heavy atom. The monoisotopic (exact) mass is 465 g/mol. The Kier molecular flexibility index (Phi) is 6.63. The average Bonchev–Trinajstić information content (AvgIpc) is 3.37. The lowest BCUT2D eigenvalue weighted by molar-refractivity contribution is 0.0955. The number of halogens is 1. The van der Waals surface area contributed by atoms with Crippen molar-refractivity contribution in [3.05, 3.63) is 98.0 Å². The molecule has 2 aromatic carbocycles. The van der Waals surface area contributed by atoms with E-state index in [1.807, 2.05) is 79.4 Å². The lowest BCUT2D eigenvalue weighted by atomic mass is 10.2. The van der Waals surface area contributed by atoms with E-state index < -0.39 is 0 Å². The van der Waals surface area contributed by atoms with E-state index in [1.54, 1.807) is 6.07 Å². The molecular formula is C25H24ClN3O2S. The molecule has 0 saturated carbocycles. The van der Waals surface area contributed by atoms with Gasteiger partial charge in [-0.05, 0) is 68.1 Å². The van der Waals surface area contributed by atoms with Crippen LogP contribution < -0.4 is 10.1 Å². The molecule has 4 rings (SSSR count). The Morgan fingerprint density at radius 3 is 2.66 bits per heavy atom. The molecule has 0 aliphatic heterocycles. The zero-order chi connectivity index (χ0) is 22.7. The van der Waals surface area contributed by atoms with Crippen LogP contribution in [0.25, 0.3) is 5.69 Å². The minimum absolute atomic E-state index is 0.102. The number of nitrogens with zero attached hydrogens (tertiary/aromatic N) is 2. The number of carbonyl (C=O) groups is 1. The zero-order valence-corrected chi connectivity index (χ0v) is 19.8. The molecule has 32 heavy (non-hydrogen) atoms. The maximum Gasteiger partial charge on any atom is 0.261 e. The summed E-state index contributed by atoms with van der Waals surface area (Å²) in [5.41, 5.74) is 5.90. The smallest absolute Gasteiger partial charge is 0.261 e. The third-order valence-corrected chi connectivity index (χ3v) is 6.49. The van der Waals surface area contributed by atoms with E-state index in [-0.39, 0.29) is 5.91 Å². The molecule has 0 unspecified atom stereocenters. The highest BCUT2D eigenvalue weighted by Crippen LogP contribution is 2.24. The van der Waals surface area contributed by atoms with Gasteiger partial charge in [-0.3, -0.25) is 4.79 Å². The molecule has 164 valence electrons. The quantitative estimate of drug-likeness (QED) is 0.363. The standard InChI is InChI=1S/C25H24ClN3O2S/c1-16-11-20(26)9-10-23(16)31-14-19-12-24(32-15-19)25(30)27-13-22-17(2)28-29(18(22)3)21-7-5-4-6-8-21/h4-12,15H,13-14H2,1-3H3,(H,27,30). The summed E-state index contributed by atoms with van der Waals surface area (Å²) >= 11 is 7.41. The van der Waals surface area contributed by atoms with Crippen LogP contribution in [0, 0.1) is 20.8 Å².